The molecule has 1 N–H and O–H groups in total. The number of hydrogen-bond donors (Lipinski definition) is 1. The third-order valence-corrected chi connectivity index (χ3v) is 4.75. The molecule has 0 aliphatic carbocycles. The Labute approximate surface area is 168 Å². The molecule has 0 radical (unpaired) electrons. The molecule has 2 aromatic rings. The van der Waals surface area contributed by atoms with E-state index < -0.39 is 0 Å². The average Bonchev–Trinajstić information content (AvgIpc) is 2.55. The topological polar surface area (TPSA) is 21.3 Å². The van der Waals surface area contributed by atoms with Gasteiger partial charge < -0.3 is 10.1 Å². The number of nitrogens with one attached hydrogen (secondary N) is 1. The summed E-state index contributed by atoms with van der Waals surface area (Å²) in [5.74, 6) is 0.851. The van der Waals surface area contributed by atoms with E-state index in [0.717, 1.165) is 33.3 Å². The van der Waals surface area contributed by atoms with Crippen molar-refractivity contribution in [1.29, 1.82) is 0 Å². The molecule has 5 heteroatoms. The van der Waals surface area contributed by atoms with Crippen LogP contribution in [0.5, 0.6) is 5.75 Å². The predicted molar refractivity (Wildman–Crippen MR) is 111 cm³/mol. The Hall–Kier alpha value is -0.550. The third-order valence-electron chi connectivity index (χ3n) is 3.57. The Bertz CT molecular complexity index is 585. The lowest BCUT2D eigenvalue weighted by molar-refractivity contribution is 0.302. The summed E-state index contributed by atoms with van der Waals surface area (Å²) in [6, 6.07) is 14.4. The van der Waals surface area contributed by atoms with Gasteiger partial charge in [-0.2, -0.15) is 0 Å². The van der Waals surface area contributed by atoms with Crippen LogP contribution in [-0.2, 0) is 13.2 Å². The molecule has 0 bridgehead atoms. The number of halogens is 3. The van der Waals surface area contributed by atoms with E-state index in [-0.39, 0.29) is 12.4 Å². The zero-order chi connectivity index (χ0) is 16.5. The Morgan fingerprint density at radius 3 is 2.25 bits per heavy atom. The van der Waals surface area contributed by atoms with Gasteiger partial charge in [0.15, 0.2) is 0 Å². The molecule has 0 unspecified atom stereocenters. The van der Waals surface area contributed by atoms with E-state index in [1.54, 1.807) is 0 Å². The molecule has 0 saturated heterocycles. The molecule has 2 aromatic carbocycles. The molecule has 0 atom stereocenters. The van der Waals surface area contributed by atoms with Crippen molar-refractivity contribution in [2.24, 2.45) is 0 Å². The molecule has 2 rings (SSSR count). The van der Waals surface area contributed by atoms with Crippen molar-refractivity contribution in [2.75, 3.05) is 6.54 Å². The van der Waals surface area contributed by atoms with Crippen LogP contribution < -0.4 is 10.1 Å². The zero-order valence-electron chi connectivity index (χ0n) is 13.9. The number of ether oxygens (including phenoxy) is 1. The molecule has 0 fully saturated rings. The third kappa shape index (κ3) is 7.14. The zero-order valence-corrected chi connectivity index (χ0v) is 17.8. The maximum atomic E-state index is 5.95. The Kier molecular flexibility index (Phi) is 10.7. The lowest BCUT2D eigenvalue weighted by Crippen LogP contribution is -2.14. The van der Waals surface area contributed by atoms with Crippen LogP contribution >= 0.6 is 44.3 Å². The van der Waals surface area contributed by atoms with Crippen molar-refractivity contribution in [1.82, 2.24) is 5.32 Å². The van der Waals surface area contributed by atoms with Crippen LogP contribution in [0.25, 0.3) is 0 Å². The highest BCUT2D eigenvalue weighted by molar-refractivity contribution is 9.11. The average molecular weight is 478 g/mol. The van der Waals surface area contributed by atoms with Crippen LogP contribution in [0.3, 0.4) is 0 Å². The van der Waals surface area contributed by atoms with Gasteiger partial charge in [0, 0.05) is 6.54 Å². The van der Waals surface area contributed by atoms with Crippen LogP contribution in [0.4, 0.5) is 0 Å². The van der Waals surface area contributed by atoms with Crippen LogP contribution in [0.15, 0.2) is 51.4 Å². The summed E-state index contributed by atoms with van der Waals surface area (Å²) in [6.45, 7) is 4.73. The summed E-state index contributed by atoms with van der Waals surface area (Å²) >= 11 is 7.25. The van der Waals surface area contributed by atoms with E-state index in [0.29, 0.717) is 6.61 Å². The molecule has 0 heterocycles. The second-order valence-corrected chi connectivity index (χ2v) is 7.26. The molecule has 0 aliphatic rings. The van der Waals surface area contributed by atoms with Crippen molar-refractivity contribution in [3.63, 3.8) is 0 Å². The van der Waals surface area contributed by atoms with E-state index in [4.69, 9.17) is 4.74 Å². The summed E-state index contributed by atoms with van der Waals surface area (Å²) < 4.78 is 7.91. The number of benzene rings is 2. The predicted octanol–water partition coefficient (Wildman–Crippen LogP) is 6.49. The van der Waals surface area contributed by atoms with Gasteiger partial charge in [0.2, 0.25) is 0 Å². The van der Waals surface area contributed by atoms with Gasteiger partial charge in [-0.15, -0.1) is 12.4 Å². The molecule has 0 aromatic heterocycles. The summed E-state index contributed by atoms with van der Waals surface area (Å²) in [5, 5.41) is 3.49. The van der Waals surface area contributed by atoms with Crippen molar-refractivity contribution in [3.05, 3.63) is 62.5 Å². The molecule has 0 spiro atoms. The Balaban J connectivity index is 0.00000288. The van der Waals surface area contributed by atoms with Gasteiger partial charge in [0.05, 0.1) is 8.95 Å². The van der Waals surface area contributed by atoms with Gasteiger partial charge in [-0.25, -0.2) is 0 Å². The molecule has 0 aliphatic heterocycles. The summed E-state index contributed by atoms with van der Waals surface area (Å²) in [6.07, 6.45) is 3.77. The van der Waals surface area contributed by atoms with Crippen molar-refractivity contribution >= 4 is 44.3 Å². The first kappa shape index (κ1) is 21.5. The largest absolute Gasteiger partial charge is 0.487 e. The first-order valence-electron chi connectivity index (χ1n) is 8.06. The maximum absolute atomic E-state index is 5.95. The second kappa shape index (κ2) is 11.9. The quantitative estimate of drug-likeness (QED) is 0.417. The SMILES string of the molecule is CCCCCNCc1cc(Br)c(OCc2ccccc2)c(Br)c1.Cl. The fourth-order valence-corrected chi connectivity index (χ4v) is 3.82. The number of unbranched alkanes of at least 4 members (excludes halogenated alkanes) is 2. The normalized spacial score (nSPS) is 10.3. The van der Waals surface area contributed by atoms with Crippen LogP contribution in [0.2, 0.25) is 0 Å². The minimum Gasteiger partial charge on any atom is -0.487 e. The highest BCUT2D eigenvalue weighted by Crippen LogP contribution is 2.35. The van der Waals surface area contributed by atoms with Crippen molar-refractivity contribution in [3.8, 4) is 5.75 Å². The standard InChI is InChI=1S/C19H23Br2NO.ClH/c1-2-3-7-10-22-13-16-11-17(20)19(18(21)12-16)23-14-15-8-5-4-6-9-15;/h4-6,8-9,11-12,22H,2-3,7,10,13-14H2,1H3;1H. The Morgan fingerprint density at radius 2 is 1.62 bits per heavy atom. The summed E-state index contributed by atoms with van der Waals surface area (Å²) in [5.41, 5.74) is 2.40. The van der Waals surface area contributed by atoms with Gasteiger partial charge >= 0.3 is 0 Å². The Morgan fingerprint density at radius 1 is 0.958 bits per heavy atom. The van der Waals surface area contributed by atoms with Gasteiger partial charge in [0.25, 0.3) is 0 Å². The maximum Gasteiger partial charge on any atom is 0.148 e. The van der Waals surface area contributed by atoms with E-state index in [1.165, 1.54) is 24.8 Å². The molecule has 2 nitrogen and oxygen atoms in total. The first-order valence-corrected chi connectivity index (χ1v) is 9.64. The lowest BCUT2D eigenvalue weighted by Gasteiger charge is -2.13. The van der Waals surface area contributed by atoms with E-state index in [1.807, 2.05) is 18.2 Å². The number of hydrogen-bond acceptors (Lipinski definition) is 2. The smallest absolute Gasteiger partial charge is 0.148 e. The highest BCUT2D eigenvalue weighted by Gasteiger charge is 2.09. The van der Waals surface area contributed by atoms with E-state index >= 15 is 0 Å². The molecule has 0 amide bonds. The molecular weight excluding hydrogens is 453 g/mol. The minimum atomic E-state index is 0. The fraction of sp³-hybridized carbons (Fsp3) is 0.368. The molecule has 24 heavy (non-hydrogen) atoms. The lowest BCUT2D eigenvalue weighted by atomic mass is 10.2. The van der Waals surface area contributed by atoms with Gasteiger partial charge in [0.1, 0.15) is 12.4 Å². The van der Waals surface area contributed by atoms with Gasteiger partial charge in [-0.05, 0) is 68.1 Å². The molecular formula is C19H24Br2ClNO. The molecule has 0 saturated carbocycles. The molecule has 132 valence electrons. The fourth-order valence-electron chi connectivity index (χ4n) is 2.31. The van der Waals surface area contributed by atoms with Crippen molar-refractivity contribution in [2.45, 2.75) is 39.3 Å². The summed E-state index contributed by atoms with van der Waals surface area (Å²) in [7, 11) is 0. The van der Waals surface area contributed by atoms with Gasteiger partial charge in [-0.1, -0.05) is 50.1 Å². The number of rotatable bonds is 9. The minimum absolute atomic E-state index is 0. The van der Waals surface area contributed by atoms with Crippen LogP contribution in [0, 0.1) is 0 Å². The first-order chi connectivity index (χ1) is 11.2. The monoisotopic (exact) mass is 475 g/mol. The van der Waals surface area contributed by atoms with Gasteiger partial charge in [-0.3, -0.25) is 0 Å². The van der Waals surface area contributed by atoms with E-state index in [2.05, 4.69) is 68.4 Å². The van der Waals surface area contributed by atoms with Crippen molar-refractivity contribution < 1.29 is 4.74 Å². The summed E-state index contributed by atoms with van der Waals surface area (Å²) in [4.78, 5) is 0. The second-order valence-electron chi connectivity index (χ2n) is 5.55. The van der Waals surface area contributed by atoms with Crippen LogP contribution in [-0.4, -0.2) is 6.54 Å². The van der Waals surface area contributed by atoms with E-state index in [9.17, 15) is 0 Å². The van der Waals surface area contributed by atoms with Crippen LogP contribution in [0.1, 0.15) is 37.3 Å². The highest BCUT2D eigenvalue weighted by atomic mass is 79.9.